The molecule has 5 heteroatoms. The highest BCUT2D eigenvalue weighted by atomic mass is 35.5. The van der Waals surface area contributed by atoms with Crippen molar-refractivity contribution in [1.82, 2.24) is 15.0 Å². The third-order valence-corrected chi connectivity index (χ3v) is 8.92. The third kappa shape index (κ3) is 4.34. The average Bonchev–Trinajstić information content (AvgIpc) is 3.51. The van der Waals surface area contributed by atoms with E-state index in [1.54, 1.807) is 0 Å². The molecule has 0 aliphatic rings. The van der Waals surface area contributed by atoms with Gasteiger partial charge in [0.05, 0.1) is 0 Å². The van der Waals surface area contributed by atoms with E-state index in [1.165, 1.54) is 5.39 Å². The van der Waals surface area contributed by atoms with E-state index >= 15 is 0 Å². The summed E-state index contributed by atoms with van der Waals surface area (Å²) in [5, 5.41) is 7.32. The van der Waals surface area contributed by atoms with Gasteiger partial charge in [0.25, 0.3) is 0 Å². The molecule has 7 aromatic carbocycles. The number of aromatic nitrogens is 3. The summed E-state index contributed by atoms with van der Waals surface area (Å²) < 4.78 is 6.37. The third-order valence-electron chi connectivity index (χ3n) is 8.60. The number of fused-ring (bicyclic) bond motifs is 6. The Hall–Kier alpha value is -5.84. The first kappa shape index (κ1) is 26.6. The predicted molar refractivity (Wildman–Crippen MR) is 189 cm³/mol. The SMILES string of the molecule is Clc1ccc(-c2nc(-c3ccccc3)nc(-c3cc4ccccc4c4ccccc34)n2)cc1-c1cccc2c1oc1ccccc12. The van der Waals surface area contributed by atoms with Crippen LogP contribution in [0.5, 0.6) is 0 Å². The van der Waals surface area contributed by atoms with Crippen LogP contribution < -0.4 is 0 Å². The summed E-state index contributed by atoms with van der Waals surface area (Å²) >= 11 is 6.90. The normalized spacial score (nSPS) is 11.6. The lowest BCUT2D eigenvalue weighted by Crippen LogP contribution is -2.01. The van der Waals surface area contributed by atoms with Crippen molar-refractivity contribution < 1.29 is 4.42 Å². The number of benzene rings is 7. The predicted octanol–water partition coefficient (Wildman–Crippen LogP) is 11.4. The molecule has 0 saturated heterocycles. The smallest absolute Gasteiger partial charge is 0.164 e. The molecule has 0 spiro atoms. The second-order valence-electron chi connectivity index (χ2n) is 11.3. The van der Waals surface area contributed by atoms with Gasteiger partial charge in [0.1, 0.15) is 11.2 Å². The second kappa shape index (κ2) is 10.7. The minimum Gasteiger partial charge on any atom is -0.455 e. The zero-order valence-electron chi connectivity index (χ0n) is 24.5. The Bertz CT molecular complexity index is 2610. The molecule has 0 aliphatic carbocycles. The zero-order chi connectivity index (χ0) is 30.6. The van der Waals surface area contributed by atoms with Crippen LogP contribution in [-0.4, -0.2) is 15.0 Å². The molecule has 216 valence electrons. The molecule has 0 N–H and O–H groups in total. The van der Waals surface area contributed by atoms with Crippen LogP contribution in [0.15, 0.2) is 150 Å². The van der Waals surface area contributed by atoms with Gasteiger partial charge >= 0.3 is 0 Å². The van der Waals surface area contributed by atoms with Crippen LogP contribution in [-0.2, 0) is 0 Å². The van der Waals surface area contributed by atoms with Gasteiger partial charge in [0, 0.05) is 43.6 Å². The first-order valence-corrected chi connectivity index (χ1v) is 15.5. The number of rotatable bonds is 4. The first-order chi connectivity index (χ1) is 22.7. The fourth-order valence-electron chi connectivity index (χ4n) is 6.41. The Morgan fingerprint density at radius 1 is 0.413 bits per heavy atom. The molecule has 0 aliphatic heterocycles. The Labute approximate surface area is 269 Å². The van der Waals surface area contributed by atoms with Crippen LogP contribution in [0.4, 0.5) is 0 Å². The Morgan fingerprint density at radius 2 is 1.07 bits per heavy atom. The topological polar surface area (TPSA) is 51.8 Å². The Balaban J connectivity index is 1.28. The monoisotopic (exact) mass is 609 g/mol. The van der Waals surface area contributed by atoms with E-state index in [4.69, 9.17) is 31.0 Å². The molecule has 0 fully saturated rings. The minimum atomic E-state index is 0.566. The fraction of sp³-hybridized carbons (Fsp3) is 0. The number of hydrogen-bond acceptors (Lipinski definition) is 4. The molecule has 9 aromatic rings. The summed E-state index contributed by atoms with van der Waals surface area (Å²) in [6, 6.07) is 49.3. The van der Waals surface area contributed by atoms with Crippen LogP contribution in [0.1, 0.15) is 0 Å². The maximum absolute atomic E-state index is 6.90. The largest absolute Gasteiger partial charge is 0.455 e. The van der Waals surface area contributed by atoms with Gasteiger partial charge in [-0.25, -0.2) is 15.0 Å². The molecule has 2 aromatic heterocycles. The van der Waals surface area contributed by atoms with Gasteiger partial charge in [-0.05, 0) is 51.9 Å². The number of halogens is 1. The summed E-state index contributed by atoms with van der Waals surface area (Å²) in [6.45, 7) is 0. The van der Waals surface area contributed by atoms with Gasteiger partial charge in [-0.3, -0.25) is 0 Å². The molecular weight excluding hydrogens is 586 g/mol. The summed E-state index contributed by atoms with van der Waals surface area (Å²) in [7, 11) is 0. The molecule has 0 amide bonds. The quantitative estimate of drug-likeness (QED) is 0.186. The molecule has 0 bridgehead atoms. The van der Waals surface area contributed by atoms with Crippen molar-refractivity contribution in [3.05, 3.63) is 151 Å². The average molecular weight is 610 g/mol. The second-order valence-corrected chi connectivity index (χ2v) is 11.7. The van der Waals surface area contributed by atoms with Crippen LogP contribution >= 0.6 is 11.6 Å². The van der Waals surface area contributed by atoms with E-state index in [2.05, 4.69) is 72.8 Å². The van der Waals surface area contributed by atoms with Crippen molar-refractivity contribution in [3.63, 3.8) is 0 Å². The van der Waals surface area contributed by atoms with E-state index in [0.29, 0.717) is 22.5 Å². The standard InChI is InChI=1S/C41H24ClN3O/c42-36-22-21-27(24-34(36)33-19-10-18-32-31-17-8-9-20-37(31)46-38(32)33)40-43-39(25-11-2-1-3-12-25)44-41(45-40)35-23-26-13-4-5-14-28(26)29-15-6-7-16-30(29)35/h1-24H. The Kier molecular flexibility index (Phi) is 6.15. The summed E-state index contributed by atoms with van der Waals surface area (Å²) in [6.07, 6.45) is 0. The van der Waals surface area contributed by atoms with Gasteiger partial charge in [0.2, 0.25) is 0 Å². The van der Waals surface area contributed by atoms with Gasteiger partial charge in [0.15, 0.2) is 17.5 Å². The molecule has 46 heavy (non-hydrogen) atoms. The minimum absolute atomic E-state index is 0.566. The van der Waals surface area contributed by atoms with Crippen molar-refractivity contribution in [2.24, 2.45) is 0 Å². The molecule has 0 radical (unpaired) electrons. The van der Waals surface area contributed by atoms with Crippen molar-refractivity contribution >= 4 is 55.1 Å². The van der Waals surface area contributed by atoms with E-state index < -0.39 is 0 Å². The maximum Gasteiger partial charge on any atom is 0.164 e. The summed E-state index contributed by atoms with van der Waals surface area (Å²) in [4.78, 5) is 15.2. The fourth-order valence-corrected chi connectivity index (χ4v) is 6.63. The van der Waals surface area contributed by atoms with E-state index in [9.17, 15) is 0 Å². The lowest BCUT2D eigenvalue weighted by atomic mass is 9.96. The van der Waals surface area contributed by atoms with Crippen LogP contribution in [0.2, 0.25) is 5.02 Å². The lowest BCUT2D eigenvalue weighted by molar-refractivity contribution is 0.670. The lowest BCUT2D eigenvalue weighted by Gasteiger charge is -2.13. The van der Waals surface area contributed by atoms with E-state index in [1.807, 2.05) is 72.8 Å². The molecule has 9 rings (SSSR count). The van der Waals surface area contributed by atoms with E-state index in [-0.39, 0.29) is 0 Å². The molecule has 4 nitrogen and oxygen atoms in total. The Morgan fingerprint density at radius 3 is 1.91 bits per heavy atom. The molecule has 0 atom stereocenters. The zero-order valence-corrected chi connectivity index (χ0v) is 25.2. The van der Waals surface area contributed by atoms with Crippen LogP contribution in [0.25, 0.3) is 88.8 Å². The van der Waals surface area contributed by atoms with E-state index in [0.717, 1.165) is 65.9 Å². The highest BCUT2D eigenvalue weighted by molar-refractivity contribution is 6.34. The molecule has 0 saturated carbocycles. The van der Waals surface area contributed by atoms with Gasteiger partial charge in [-0.1, -0.05) is 127 Å². The number of nitrogens with zero attached hydrogens (tertiary/aromatic N) is 3. The number of para-hydroxylation sites is 2. The molecule has 2 heterocycles. The van der Waals surface area contributed by atoms with Gasteiger partial charge in [-0.2, -0.15) is 0 Å². The van der Waals surface area contributed by atoms with Crippen molar-refractivity contribution in [2.45, 2.75) is 0 Å². The first-order valence-electron chi connectivity index (χ1n) is 15.1. The summed E-state index contributed by atoms with van der Waals surface area (Å²) in [5.41, 5.74) is 6.11. The maximum atomic E-state index is 6.90. The number of furan rings is 1. The molecular formula is C41H24ClN3O. The van der Waals surface area contributed by atoms with Gasteiger partial charge < -0.3 is 4.42 Å². The van der Waals surface area contributed by atoms with Crippen LogP contribution in [0.3, 0.4) is 0 Å². The van der Waals surface area contributed by atoms with Gasteiger partial charge in [-0.15, -0.1) is 0 Å². The number of hydrogen-bond donors (Lipinski definition) is 0. The highest BCUT2D eigenvalue weighted by Crippen LogP contribution is 2.40. The van der Waals surface area contributed by atoms with Crippen LogP contribution in [0, 0.1) is 0 Å². The van der Waals surface area contributed by atoms with Crippen molar-refractivity contribution in [1.29, 1.82) is 0 Å². The summed E-state index contributed by atoms with van der Waals surface area (Å²) in [5.74, 6) is 1.78. The molecule has 0 unspecified atom stereocenters. The van der Waals surface area contributed by atoms with Crippen molar-refractivity contribution in [3.8, 4) is 45.3 Å². The highest BCUT2D eigenvalue weighted by Gasteiger charge is 2.19. The van der Waals surface area contributed by atoms with Crippen molar-refractivity contribution in [2.75, 3.05) is 0 Å².